The summed E-state index contributed by atoms with van der Waals surface area (Å²) in [7, 11) is 0. The number of hydrogen-bond acceptors (Lipinski definition) is 2. The molecule has 4 aromatic heterocycles. The molecule has 0 saturated carbocycles. The fourth-order valence-electron chi connectivity index (χ4n) is 19.4. The van der Waals surface area contributed by atoms with Crippen molar-refractivity contribution in [2.45, 2.75) is 131 Å². The zero-order valence-corrected chi connectivity index (χ0v) is 69.8. The third-order valence-corrected chi connectivity index (χ3v) is 25.6. The Morgan fingerprint density at radius 1 is 0.197 bits per heavy atom. The van der Waals surface area contributed by atoms with Gasteiger partial charge in [-0.2, -0.15) is 0 Å². The van der Waals surface area contributed by atoms with Gasteiger partial charge in [-0.15, -0.1) is 0 Å². The number of rotatable bonds is 8. The highest BCUT2D eigenvalue weighted by Crippen LogP contribution is 2.55. The number of nitrogens with zero attached hydrogens (tertiary/aromatic N) is 6. The van der Waals surface area contributed by atoms with E-state index in [1.807, 2.05) is 0 Å². The van der Waals surface area contributed by atoms with E-state index in [4.69, 9.17) is 0 Å². The first-order valence-electron chi connectivity index (χ1n) is 41.8. The summed E-state index contributed by atoms with van der Waals surface area (Å²) >= 11 is 0. The quantitative estimate of drug-likeness (QED) is 0.142. The van der Waals surface area contributed by atoms with Crippen molar-refractivity contribution >= 4 is 144 Å². The molecule has 570 valence electrons. The molecule has 6 nitrogen and oxygen atoms in total. The van der Waals surface area contributed by atoms with Crippen LogP contribution in [0.1, 0.15) is 132 Å². The third kappa shape index (κ3) is 11.3. The van der Waals surface area contributed by atoms with Gasteiger partial charge in [-0.25, -0.2) is 0 Å². The maximum Gasteiger partial charge on any atom is 0.252 e. The van der Waals surface area contributed by atoms with E-state index >= 15 is 0 Å². The van der Waals surface area contributed by atoms with E-state index in [9.17, 15) is 0 Å². The van der Waals surface area contributed by atoms with Crippen molar-refractivity contribution in [2.24, 2.45) is 0 Å². The molecule has 0 saturated heterocycles. The number of hydrogen-bond donors (Lipinski definition) is 0. The molecule has 15 aromatic carbocycles. The maximum absolute atomic E-state index is 2.77. The van der Waals surface area contributed by atoms with Gasteiger partial charge in [0.05, 0.1) is 55.5 Å². The molecule has 2 aliphatic heterocycles. The minimum Gasteiger partial charge on any atom is -0.309 e. The summed E-state index contributed by atoms with van der Waals surface area (Å²) in [5.41, 5.74) is 34.1. The number of fused-ring (bicyclic) bond motifs is 16. The summed E-state index contributed by atoms with van der Waals surface area (Å²) in [5.74, 6) is 0. The van der Waals surface area contributed by atoms with Gasteiger partial charge in [0.2, 0.25) is 0 Å². The van der Waals surface area contributed by atoms with E-state index in [2.05, 4.69) is 447 Å². The van der Waals surface area contributed by atoms with Crippen molar-refractivity contribution in [2.75, 3.05) is 9.80 Å². The molecule has 117 heavy (non-hydrogen) atoms. The minimum atomic E-state index is -0.369. The lowest BCUT2D eigenvalue weighted by Crippen LogP contribution is -2.61. The highest BCUT2D eigenvalue weighted by atomic mass is 15.2. The Hall–Kier alpha value is -12.8. The first-order chi connectivity index (χ1) is 56.2. The molecule has 0 aliphatic carbocycles. The molecule has 0 N–H and O–H groups in total. The van der Waals surface area contributed by atoms with Crippen LogP contribution in [0.3, 0.4) is 0 Å². The molecule has 6 heterocycles. The van der Waals surface area contributed by atoms with E-state index in [-0.39, 0.29) is 33.8 Å². The van der Waals surface area contributed by atoms with Crippen molar-refractivity contribution < 1.29 is 0 Å². The van der Waals surface area contributed by atoms with Crippen LogP contribution in [0.25, 0.3) is 132 Å². The molecular formula is C110H97BN6. The molecule has 0 radical (unpaired) electrons. The van der Waals surface area contributed by atoms with E-state index in [1.165, 1.54) is 132 Å². The van der Waals surface area contributed by atoms with Gasteiger partial charge in [-0.1, -0.05) is 286 Å². The first kappa shape index (κ1) is 71.9. The highest BCUT2D eigenvalue weighted by molar-refractivity contribution is 7.00. The topological polar surface area (TPSA) is 26.2 Å². The predicted octanol–water partition coefficient (Wildman–Crippen LogP) is 28.0. The molecule has 7 heteroatoms. The summed E-state index contributed by atoms with van der Waals surface area (Å²) in [5, 5.41) is 9.82. The van der Waals surface area contributed by atoms with Crippen molar-refractivity contribution in [1.82, 2.24) is 18.3 Å². The molecule has 19 aromatic rings. The predicted molar refractivity (Wildman–Crippen MR) is 502 cm³/mol. The molecule has 0 amide bonds. The van der Waals surface area contributed by atoms with Gasteiger partial charge in [0.25, 0.3) is 6.71 Å². The van der Waals surface area contributed by atoms with Gasteiger partial charge in [0, 0.05) is 88.6 Å². The molecule has 0 atom stereocenters. The van der Waals surface area contributed by atoms with Crippen LogP contribution in [0, 0.1) is 0 Å². The van der Waals surface area contributed by atoms with Crippen molar-refractivity contribution in [3.63, 3.8) is 0 Å². The fourth-order valence-corrected chi connectivity index (χ4v) is 19.4. The van der Waals surface area contributed by atoms with Crippen LogP contribution in [-0.4, -0.2) is 25.0 Å². The van der Waals surface area contributed by atoms with Gasteiger partial charge >= 0.3 is 0 Å². The lowest BCUT2D eigenvalue weighted by molar-refractivity contribution is 0.590. The highest BCUT2D eigenvalue weighted by Gasteiger charge is 2.47. The summed E-state index contributed by atoms with van der Waals surface area (Å²) < 4.78 is 10.3. The van der Waals surface area contributed by atoms with Gasteiger partial charge in [-0.3, -0.25) is 0 Å². The minimum absolute atomic E-state index is 0.128. The largest absolute Gasteiger partial charge is 0.309 e. The van der Waals surface area contributed by atoms with Crippen LogP contribution < -0.4 is 26.2 Å². The average Bonchev–Trinajstić information content (AvgIpc) is 1.64. The van der Waals surface area contributed by atoms with Crippen LogP contribution in [0.5, 0.6) is 0 Å². The van der Waals surface area contributed by atoms with Crippen molar-refractivity contribution in [1.29, 1.82) is 0 Å². The van der Waals surface area contributed by atoms with E-state index in [0.29, 0.717) is 0 Å². The Labute approximate surface area is 687 Å². The molecular weight excluding hydrogens is 1420 g/mol. The molecule has 0 bridgehead atoms. The molecule has 2 aliphatic rings. The number of benzene rings is 15. The fraction of sp³-hybridized carbons (Fsp3) is 0.182. The van der Waals surface area contributed by atoms with Crippen molar-refractivity contribution in [3.8, 4) is 45.0 Å². The van der Waals surface area contributed by atoms with Gasteiger partial charge in [0.1, 0.15) is 0 Å². The average molecular weight is 1510 g/mol. The second-order valence-electron chi connectivity index (χ2n) is 38.3. The summed E-state index contributed by atoms with van der Waals surface area (Å²) in [4.78, 5) is 5.54. The Kier molecular flexibility index (Phi) is 15.9. The molecule has 0 spiro atoms. The zero-order chi connectivity index (χ0) is 80.3. The normalized spacial score (nSPS) is 13.4. The van der Waals surface area contributed by atoms with E-state index < -0.39 is 0 Å². The molecule has 0 fully saturated rings. The Morgan fingerprint density at radius 3 is 0.855 bits per heavy atom. The van der Waals surface area contributed by atoms with Crippen LogP contribution in [-0.2, 0) is 27.1 Å². The second-order valence-corrected chi connectivity index (χ2v) is 38.3. The number of anilines is 6. The monoisotopic (exact) mass is 1510 g/mol. The van der Waals surface area contributed by atoms with Gasteiger partial charge in [-0.05, 0) is 227 Å². The van der Waals surface area contributed by atoms with Gasteiger partial charge in [0.15, 0.2) is 0 Å². The second kappa shape index (κ2) is 25.8. The zero-order valence-electron chi connectivity index (χ0n) is 69.8. The standard InChI is InChI=1S/C110H97BN6/c1-106(2,3)72-48-54-95-85(58-72)87-60-74(108(7,8)9)64-101(104(87)114(95)77-38-30-36-70(56-77)68-32-18-16-19-33-68)116-97-66-79(112-91-44-26-22-40-81(91)82-41-23-27-45-92(82)112)50-52-89(97)111-90-53-51-80(113-93-46-28-24-42-83(93)84-43-25-29-47-94(84)113)67-98(90)117(100-63-76(110(13,14)15)62-99(116)103(100)111)102-65-75(109(10,11)12)61-88-86-59-73(107(4,5)6)49-55-96(86)115(105(88)102)78-39-31-37-71(57-78)69-34-20-17-21-35-69/h16-67H,1-15H3. The lowest BCUT2D eigenvalue weighted by atomic mass is 9.33. The van der Waals surface area contributed by atoms with Crippen molar-refractivity contribution in [3.05, 3.63) is 343 Å². The van der Waals surface area contributed by atoms with E-state index in [0.717, 1.165) is 78.9 Å². The molecule has 21 rings (SSSR count). The summed E-state index contributed by atoms with van der Waals surface area (Å²) in [6, 6.07) is 122. The Morgan fingerprint density at radius 2 is 0.496 bits per heavy atom. The van der Waals surface area contributed by atoms with Gasteiger partial charge < -0.3 is 28.1 Å². The third-order valence-electron chi connectivity index (χ3n) is 25.6. The van der Waals surface area contributed by atoms with Crippen LogP contribution in [0.15, 0.2) is 315 Å². The Balaban J connectivity index is 0.956. The Bertz CT molecular complexity index is 6810. The molecule has 0 unspecified atom stereocenters. The summed E-state index contributed by atoms with van der Waals surface area (Å²) in [6.07, 6.45) is 0. The first-order valence-corrected chi connectivity index (χ1v) is 41.8. The maximum atomic E-state index is 2.77. The van der Waals surface area contributed by atoms with Crippen LogP contribution in [0.2, 0.25) is 0 Å². The smallest absolute Gasteiger partial charge is 0.252 e. The number of para-hydroxylation sites is 4. The van der Waals surface area contributed by atoms with Crippen LogP contribution >= 0.6 is 0 Å². The number of aromatic nitrogens is 4. The summed E-state index contributed by atoms with van der Waals surface area (Å²) in [6.45, 7) is 35.5. The SMILES string of the molecule is CC(C)(C)c1cc2c3c(c1)N(c1cc(C(C)(C)C)cc4c5cc(C(C)(C)C)ccc5n(-c5cccc(-c6ccccc6)c5)c14)c1cc(-n4c5ccccc5c5ccccc54)ccc1B3c1ccc(-n3c4ccccc4c4ccccc43)cc1N2c1cc(C(C)(C)C)cc2c3cc(C(C)(C)C)ccc3n(-c3cccc(-c4ccccc4)c3)c12. The lowest BCUT2D eigenvalue weighted by Gasteiger charge is -2.46. The van der Waals surface area contributed by atoms with E-state index in [1.54, 1.807) is 0 Å². The van der Waals surface area contributed by atoms with Crippen LogP contribution in [0.4, 0.5) is 34.1 Å².